The fourth-order valence-electron chi connectivity index (χ4n) is 4.12. The van der Waals surface area contributed by atoms with Gasteiger partial charge in [0.2, 0.25) is 0 Å². The van der Waals surface area contributed by atoms with E-state index in [1.54, 1.807) is 18.3 Å². The first-order valence-electron chi connectivity index (χ1n) is 11.9. The normalized spacial score (nSPS) is 24.3. The zero-order chi connectivity index (χ0) is 25.3. The molecule has 2 saturated heterocycles. The van der Waals surface area contributed by atoms with Crippen molar-refractivity contribution in [2.45, 2.75) is 24.9 Å². The van der Waals surface area contributed by atoms with Crippen LogP contribution < -0.4 is 0 Å². The number of alkyl halides is 2. The van der Waals surface area contributed by atoms with Crippen LogP contribution in [0, 0.1) is 0 Å². The number of hydrogen-bond acceptors (Lipinski definition) is 7. The molecular weight excluding hydrogens is 488 g/mol. The summed E-state index contributed by atoms with van der Waals surface area (Å²) in [6.45, 7) is 11.1. The first-order valence-corrected chi connectivity index (χ1v) is 13.0. The lowest BCUT2D eigenvalue weighted by Crippen LogP contribution is -2.47. The Morgan fingerprint density at radius 2 is 2.23 bits per heavy atom. The van der Waals surface area contributed by atoms with Gasteiger partial charge in [0.15, 0.2) is 11.2 Å². The van der Waals surface area contributed by atoms with Gasteiger partial charge in [-0.1, -0.05) is 34.4 Å². The second kappa shape index (κ2) is 13.7. The molecule has 1 aromatic rings. The highest BCUT2D eigenvalue weighted by atomic mass is 35.5. The minimum absolute atomic E-state index is 0.167. The molecular formula is C25H36ClFN5O2P. The monoisotopic (exact) mass is 523 g/mol. The van der Waals surface area contributed by atoms with Crippen molar-refractivity contribution in [2.75, 3.05) is 65.6 Å². The second-order valence-electron chi connectivity index (χ2n) is 8.78. The molecule has 192 valence electrons. The minimum Gasteiger partial charge on any atom is -0.380 e. The molecule has 1 aromatic carbocycles. The van der Waals surface area contributed by atoms with Crippen LogP contribution in [0.5, 0.6) is 0 Å². The number of rotatable bonds is 11. The number of nitrogens with zero attached hydrogens (tertiary/aromatic N) is 5. The van der Waals surface area contributed by atoms with E-state index in [4.69, 9.17) is 21.1 Å². The molecule has 3 unspecified atom stereocenters. The standard InChI is InChI=1S/C25H36ClFN5O2P/c1-4-10-33-11-9-32-15-21(22(16-32)30-18-26)24(28-2)29-14-19-6-5-7-20(13-19)25(27,35)23-17-31(3)8-12-34-23/h5-7,13-14,23H,2,4,8-12,15-18,35H2,1,3H3/b24-21+,29-14+,30-22-. The second-order valence-corrected chi connectivity index (χ2v) is 9.86. The maximum atomic E-state index is 15.8. The summed E-state index contributed by atoms with van der Waals surface area (Å²) in [5.41, 5.74) is 3.04. The van der Waals surface area contributed by atoms with Crippen molar-refractivity contribution in [3.05, 3.63) is 46.8 Å². The predicted molar refractivity (Wildman–Crippen MR) is 146 cm³/mol. The molecule has 35 heavy (non-hydrogen) atoms. The van der Waals surface area contributed by atoms with E-state index in [2.05, 4.69) is 47.7 Å². The van der Waals surface area contributed by atoms with Gasteiger partial charge in [-0.25, -0.2) is 14.4 Å². The number of benzene rings is 1. The first kappa shape index (κ1) is 28.0. The minimum atomic E-state index is -1.71. The maximum Gasteiger partial charge on any atom is 0.175 e. The Bertz CT molecular complexity index is 956. The van der Waals surface area contributed by atoms with Gasteiger partial charge in [0.05, 0.1) is 18.9 Å². The highest BCUT2D eigenvalue weighted by Crippen LogP contribution is 2.39. The van der Waals surface area contributed by atoms with Gasteiger partial charge in [0.25, 0.3) is 0 Å². The van der Waals surface area contributed by atoms with Crippen LogP contribution in [0.3, 0.4) is 0 Å². The average molecular weight is 524 g/mol. The molecule has 2 aliphatic heterocycles. The van der Waals surface area contributed by atoms with Crippen molar-refractivity contribution in [1.82, 2.24) is 9.80 Å². The first-order chi connectivity index (χ1) is 16.9. The van der Waals surface area contributed by atoms with Crippen molar-refractivity contribution in [1.29, 1.82) is 0 Å². The SMILES string of the molecule is C=NC(/N=C/c1cccc(C(F)(P)C2CN(C)CCO2)c1)=C1/CN(CCOCCC)C/C1=N/CCl. The predicted octanol–water partition coefficient (Wildman–Crippen LogP) is 3.73. The van der Waals surface area contributed by atoms with Gasteiger partial charge in [0, 0.05) is 51.1 Å². The molecule has 3 rings (SSSR count). The Hall–Kier alpha value is -1.54. The van der Waals surface area contributed by atoms with E-state index in [1.165, 1.54) is 0 Å². The third kappa shape index (κ3) is 7.72. The van der Waals surface area contributed by atoms with Gasteiger partial charge >= 0.3 is 0 Å². The summed E-state index contributed by atoms with van der Waals surface area (Å²) >= 11 is 5.91. The molecule has 0 aromatic heterocycles. The Kier molecular flexibility index (Phi) is 11.0. The van der Waals surface area contributed by atoms with Gasteiger partial charge in [-0.15, -0.1) is 11.6 Å². The molecule has 7 nitrogen and oxygen atoms in total. The number of hydrogen-bond donors (Lipinski definition) is 0. The number of likely N-dealkylation sites (tertiary alicyclic amines) is 1. The van der Waals surface area contributed by atoms with E-state index < -0.39 is 11.5 Å². The Morgan fingerprint density at radius 3 is 2.94 bits per heavy atom. The molecule has 2 aliphatic rings. The van der Waals surface area contributed by atoms with Crippen LogP contribution in [-0.2, 0) is 14.9 Å². The van der Waals surface area contributed by atoms with E-state index in [9.17, 15) is 0 Å². The summed E-state index contributed by atoms with van der Waals surface area (Å²) in [6, 6.07) is 7.44. The van der Waals surface area contributed by atoms with Crippen LogP contribution >= 0.6 is 20.8 Å². The third-order valence-electron chi connectivity index (χ3n) is 6.08. The van der Waals surface area contributed by atoms with Crippen molar-refractivity contribution in [2.24, 2.45) is 15.0 Å². The fraction of sp³-hybridized carbons (Fsp3) is 0.560. The average Bonchev–Trinajstić information content (AvgIpc) is 3.25. The van der Waals surface area contributed by atoms with Crippen LogP contribution in [0.15, 0.2) is 50.6 Å². The number of ether oxygens (including phenoxy) is 2. The van der Waals surface area contributed by atoms with Gasteiger partial charge < -0.3 is 14.4 Å². The maximum absolute atomic E-state index is 15.8. The van der Waals surface area contributed by atoms with E-state index in [1.807, 2.05) is 19.2 Å². The quantitative estimate of drug-likeness (QED) is 0.146. The zero-order valence-electron chi connectivity index (χ0n) is 20.6. The summed E-state index contributed by atoms with van der Waals surface area (Å²) in [5, 5.41) is -1.71. The summed E-state index contributed by atoms with van der Waals surface area (Å²) in [7, 11) is 4.31. The number of aliphatic imine (C=N–C) groups is 3. The lowest BCUT2D eigenvalue weighted by Gasteiger charge is -2.37. The molecule has 2 heterocycles. The Morgan fingerprint density at radius 1 is 1.40 bits per heavy atom. The van der Waals surface area contributed by atoms with Crippen LogP contribution in [0.2, 0.25) is 0 Å². The van der Waals surface area contributed by atoms with Crippen molar-refractivity contribution in [3.63, 3.8) is 0 Å². The molecule has 0 amide bonds. The van der Waals surface area contributed by atoms with Gasteiger partial charge in [-0.2, -0.15) is 0 Å². The topological polar surface area (TPSA) is 62.0 Å². The summed E-state index contributed by atoms with van der Waals surface area (Å²) < 4.78 is 27.1. The lowest BCUT2D eigenvalue weighted by atomic mass is 10.0. The molecule has 2 fully saturated rings. The van der Waals surface area contributed by atoms with Gasteiger partial charge in [-0.3, -0.25) is 9.89 Å². The molecule has 0 radical (unpaired) electrons. The van der Waals surface area contributed by atoms with Crippen molar-refractivity contribution >= 4 is 39.5 Å². The molecule has 10 heteroatoms. The Labute approximate surface area is 215 Å². The van der Waals surface area contributed by atoms with E-state index >= 15 is 4.39 Å². The molecule has 0 spiro atoms. The van der Waals surface area contributed by atoms with Crippen LogP contribution in [0.25, 0.3) is 0 Å². The summed E-state index contributed by atoms with van der Waals surface area (Å²) in [5.74, 6) is 0.492. The molecule has 0 N–H and O–H groups in total. The van der Waals surface area contributed by atoms with Crippen molar-refractivity contribution < 1.29 is 13.9 Å². The van der Waals surface area contributed by atoms with E-state index in [0.29, 0.717) is 44.2 Å². The van der Waals surface area contributed by atoms with Crippen LogP contribution in [-0.4, -0.2) is 100 Å². The smallest absolute Gasteiger partial charge is 0.175 e. The van der Waals surface area contributed by atoms with E-state index in [-0.39, 0.29) is 6.00 Å². The van der Waals surface area contributed by atoms with Crippen molar-refractivity contribution in [3.8, 4) is 0 Å². The third-order valence-corrected chi connectivity index (χ3v) is 6.90. The molecule has 3 atom stereocenters. The van der Waals surface area contributed by atoms with Gasteiger partial charge in [-0.05, 0) is 37.4 Å². The lowest BCUT2D eigenvalue weighted by molar-refractivity contribution is -0.0727. The molecule has 0 bridgehead atoms. The molecule has 0 saturated carbocycles. The van der Waals surface area contributed by atoms with E-state index in [0.717, 1.165) is 43.0 Å². The highest BCUT2D eigenvalue weighted by molar-refractivity contribution is 7.18. The van der Waals surface area contributed by atoms with Gasteiger partial charge in [0.1, 0.15) is 12.1 Å². The highest BCUT2D eigenvalue weighted by Gasteiger charge is 2.39. The number of morpholine rings is 1. The Balaban J connectivity index is 1.78. The zero-order valence-corrected chi connectivity index (χ0v) is 22.5. The summed E-state index contributed by atoms with van der Waals surface area (Å²) in [4.78, 5) is 17.5. The van der Waals surface area contributed by atoms with Crippen LogP contribution in [0.4, 0.5) is 4.39 Å². The largest absolute Gasteiger partial charge is 0.380 e. The number of likely N-dealkylation sites (N-methyl/N-ethyl adjacent to an activating group) is 1. The fourth-order valence-corrected chi connectivity index (χ4v) is 4.64. The molecule has 0 aliphatic carbocycles. The number of halogens is 2. The van der Waals surface area contributed by atoms with Crippen LogP contribution in [0.1, 0.15) is 24.5 Å². The summed E-state index contributed by atoms with van der Waals surface area (Å²) in [6.07, 6.45) is 2.11.